The van der Waals surface area contributed by atoms with E-state index >= 15 is 0 Å². The number of benzene rings is 2. The Morgan fingerprint density at radius 2 is 1.67 bits per heavy atom. The first-order valence-corrected chi connectivity index (χ1v) is 7.27. The Bertz CT molecular complexity index is 728. The zero-order chi connectivity index (χ0) is 17.5. The van der Waals surface area contributed by atoms with Crippen LogP contribution in [0, 0.1) is 0 Å². The van der Waals surface area contributed by atoms with E-state index in [1.54, 1.807) is 18.2 Å². The molecule has 0 unspecified atom stereocenters. The zero-order valence-corrected chi connectivity index (χ0v) is 13.5. The Balaban J connectivity index is 2.04. The van der Waals surface area contributed by atoms with Gasteiger partial charge in [0.15, 0.2) is 0 Å². The van der Waals surface area contributed by atoms with Gasteiger partial charge in [-0.15, -0.1) is 0 Å². The Labute approximate surface area is 139 Å². The maximum atomic E-state index is 13.1. The second-order valence-electron chi connectivity index (χ2n) is 5.02. The summed E-state index contributed by atoms with van der Waals surface area (Å²) in [6.07, 6.45) is 0. The van der Waals surface area contributed by atoms with Crippen molar-refractivity contribution in [2.75, 3.05) is 14.2 Å². The van der Waals surface area contributed by atoms with E-state index in [9.17, 15) is 14.0 Å². The second-order valence-corrected chi connectivity index (χ2v) is 5.02. The molecule has 0 aromatic heterocycles. The third kappa shape index (κ3) is 4.10. The van der Waals surface area contributed by atoms with E-state index < -0.39 is 12.6 Å². The lowest BCUT2D eigenvalue weighted by Crippen LogP contribution is -2.23. The predicted octanol–water partition coefficient (Wildman–Crippen LogP) is 2.88. The SMILES string of the molecule is COC(=O)c1ccc(C(=O)NCc2ccc(OC)cc2CF)cc1. The minimum Gasteiger partial charge on any atom is -0.497 e. The van der Waals surface area contributed by atoms with E-state index in [2.05, 4.69) is 10.1 Å². The molecule has 0 radical (unpaired) electrons. The quantitative estimate of drug-likeness (QED) is 0.827. The van der Waals surface area contributed by atoms with Crippen LogP contribution in [0.4, 0.5) is 4.39 Å². The molecule has 6 heteroatoms. The zero-order valence-electron chi connectivity index (χ0n) is 13.5. The predicted molar refractivity (Wildman–Crippen MR) is 86.8 cm³/mol. The van der Waals surface area contributed by atoms with E-state index in [4.69, 9.17) is 4.74 Å². The molecule has 2 aromatic carbocycles. The highest BCUT2D eigenvalue weighted by atomic mass is 19.1. The Kier molecular flexibility index (Phi) is 5.89. The number of hydrogen-bond donors (Lipinski definition) is 1. The Morgan fingerprint density at radius 1 is 1.00 bits per heavy atom. The first kappa shape index (κ1) is 17.5. The number of ether oxygens (including phenoxy) is 2. The summed E-state index contributed by atoms with van der Waals surface area (Å²) >= 11 is 0. The summed E-state index contributed by atoms with van der Waals surface area (Å²) in [5, 5.41) is 2.73. The number of halogens is 1. The van der Waals surface area contributed by atoms with Crippen LogP contribution >= 0.6 is 0 Å². The number of rotatable bonds is 6. The fourth-order valence-electron chi connectivity index (χ4n) is 2.18. The van der Waals surface area contributed by atoms with Crippen molar-refractivity contribution in [3.63, 3.8) is 0 Å². The molecule has 0 heterocycles. The van der Waals surface area contributed by atoms with Crippen LogP contribution in [0.2, 0.25) is 0 Å². The number of alkyl halides is 1. The minimum atomic E-state index is -0.643. The Morgan fingerprint density at radius 3 is 2.25 bits per heavy atom. The van der Waals surface area contributed by atoms with Crippen LogP contribution < -0.4 is 10.1 Å². The average Bonchev–Trinajstić information content (AvgIpc) is 2.65. The van der Waals surface area contributed by atoms with Crippen molar-refractivity contribution in [3.8, 4) is 5.75 Å². The van der Waals surface area contributed by atoms with E-state index in [-0.39, 0.29) is 12.5 Å². The molecule has 2 aromatic rings. The molecular weight excluding hydrogens is 313 g/mol. The highest BCUT2D eigenvalue weighted by Gasteiger charge is 2.10. The molecule has 0 aliphatic rings. The normalized spacial score (nSPS) is 10.1. The molecule has 0 aliphatic heterocycles. The molecule has 5 nitrogen and oxygen atoms in total. The van der Waals surface area contributed by atoms with Gasteiger partial charge in [-0.1, -0.05) is 6.07 Å². The van der Waals surface area contributed by atoms with E-state index in [0.29, 0.717) is 28.0 Å². The monoisotopic (exact) mass is 331 g/mol. The fourth-order valence-corrected chi connectivity index (χ4v) is 2.18. The molecule has 1 amide bonds. The molecule has 0 bridgehead atoms. The molecular formula is C18H18FNO4. The maximum Gasteiger partial charge on any atom is 0.337 e. The summed E-state index contributed by atoms with van der Waals surface area (Å²) in [5.41, 5.74) is 1.91. The van der Waals surface area contributed by atoms with E-state index in [0.717, 1.165) is 0 Å². The van der Waals surface area contributed by atoms with Crippen molar-refractivity contribution >= 4 is 11.9 Å². The lowest BCUT2D eigenvalue weighted by atomic mass is 10.1. The van der Waals surface area contributed by atoms with Crippen molar-refractivity contribution in [3.05, 3.63) is 64.7 Å². The topological polar surface area (TPSA) is 64.6 Å². The molecule has 24 heavy (non-hydrogen) atoms. The molecule has 0 aliphatic carbocycles. The molecule has 0 spiro atoms. The molecule has 0 fully saturated rings. The van der Waals surface area contributed by atoms with Crippen molar-refractivity contribution in [1.82, 2.24) is 5.32 Å². The van der Waals surface area contributed by atoms with E-state index in [1.165, 1.54) is 38.5 Å². The average molecular weight is 331 g/mol. The van der Waals surface area contributed by atoms with Gasteiger partial charge in [0, 0.05) is 12.1 Å². The van der Waals surface area contributed by atoms with Crippen LogP contribution in [0.3, 0.4) is 0 Å². The van der Waals surface area contributed by atoms with Gasteiger partial charge in [-0.05, 0) is 47.5 Å². The van der Waals surface area contributed by atoms with Gasteiger partial charge in [0.1, 0.15) is 12.4 Å². The summed E-state index contributed by atoms with van der Waals surface area (Å²) in [7, 11) is 2.80. The lowest BCUT2D eigenvalue weighted by Gasteiger charge is -2.10. The van der Waals surface area contributed by atoms with Gasteiger partial charge >= 0.3 is 5.97 Å². The molecule has 126 valence electrons. The molecule has 0 saturated carbocycles. The van der Waals surface area contributed by atoms with Crippen molar-refractivity contribution in [2.24, 2.45) is 0 Å². The Hall–Kier alpha value is -2.89. The van der Waals surface area contributed by atoms with Crippen LogP contribution in [0.5, 0.6) is 5.75 Å². The van der Waals surface area contributed by atoms with E-state index in [1.807, 2.05) is 0 Å². The smallest absolute Gasteiger partial charge is 0.337 e. The van der Waals surface area contributed by atoms with Crippen molar-refractivity contribution in [1.29, 1.82) is 0 Å². The van der Waals surface area contributed by atoms with Crippen LogP contribution in [0.15, 0.2) is 42.5 Å². The van der Waals surface area contributed by atoms with Crippen LogP contribution in [0.1, 0.15) is 31.8 Å². The van der Waals surface area contributed by atoms with Crippen LogP contribution in [-0.4, -0.2) is 26.1 Å². The standard InChI is InChI=1S/C18H18FNO4/c1-23-16-8-7-14(15(9-16)10-19)11-20-17(21)12-3-5-13(6-4-12)18(22)24-2/h3-9H,10-11H2,1-2H3,(H,20,21). The molecule has 0 atom stereocenters. The molecule has 0 saturated heterocycles. The van der Waals surface area contributed by atoms with Gasteiger partial charge in [0.25, 0.3) is 5.91 Å². The van der Waals surface area contributed by atoms with Gasteiger partial charge in [0.05, 0.1) is 19.8 Å². The number of carbonyl (C=O) groups is 2. The van der Waals surface area contributed by atoms with Crippen LogP contribution in [0.25, 0.3) is 0 Å². The minimum absolute atomic E-state index is 0.195. The number of nitrogens with one attached hydrogen (secondary N) is 1. The summed E-state index contributed by atoms with van der Waals surface area (Å²) in [4.78, 5) is 23.5. The largest absolute Gasteiger partial charge is 0.497 e. The van der Waals surface area contributed by atoms with Gasteiger partial charge in [-0.3, -0.25) is 4.79 Å². The number of hydrogen-bond acceptors (Lipinski definition) is 4. The maximum absolute atomic E-state index is 13.1. The molecule has 1 N–H and O–H groups in total. The number of amides is 1. The fraction of sp³-hybridized carbons (Fsp3) is 0.222. The van der Waals surface area contributed by atoms with Gasteiger partial charge in [-0.25, -0.2) is 9.18 Å². The third-order valence-corrected chi connectivity index (χ3v) is 3.56. The molecule has 2 rings (SSSR count). The highest BCUT2D eigenvalue weighted by molar-refractivity contribution is 5.96. The summed E-state index contributed by atoms with van der Waals surface area (Å²) in [5.74, 6) is -0.212. The highest BCUT2D eigenvalue weighted by Crippen LogP contribution is 2.19. The number of esters is 1. The van der Waals surface area contributed by atoms with Crippen molar-refractivity contribution in [2.45, 2.75) is 13.2 Å². The number of methoxy groups -OCH3 is 2. The van der Waals surface area contributed by atoms with Gasteiger partial charge in [-0.2, -0.15) is 0 Å². The summed E-state index contributed by atoms with van der Waals surface area (Å²) < 4.78 is 22.7. The summed E-state index contributed by atoms with van der Waals surface area (Å²) in [6.45, 7) is -0.447. The first-order valence-electron chi connectivity index (χ1n) is 7.27. The first-order chi connectivity index (χ1) is 11.6. The van der Waals surface area contributed by atoms with Crippen LogP contribution in [-0.2, 0) is 18.0 Å². The summed E-state index contributed by atoms with van der Waals surface area (Å²) in [6, 6.07) is 11.1. The van der Waals surface area contributed by atoms with Gasteiger partial charge < -0.3 is 14.8 Å². The van der Waals surface area contributed by atoms with Gasteiger partial charge in [0.2, 0.25) is 0 Å². The van der Waals surface area contributed by atoms with Crippen molar-refractivity contribution < 1.29 is 23.5 Å². The second kappa shape index (κ2) is 8.10. The third-order valence-electron chi connectivity index (χ3n) is 3.56. The lowest BCUT2D eigenvalue weighted by molar-refractivity contribution is 0.0600. The number of carbonyl (C=O) groups excluding carboxylic acids is 2.